The average Bonchev–Trinajstić information content (AvgIpc) is 3.59. The Labute approximate surface area is 233 Å². The number of rotatable bonds is 2. The van der Waals surface area contributed by atoms with E-state index in [1.807, 2.05) is 23.6 Å². The Balaban J connectivity index is 1.36. The van der Waals surface area contributed by atoms with Gasteiger partial charge < -0.3 is 4.42 Å². The summed E-state index contributed by atoms with van der Waals surface area (Å²) in [6.45, 7) is 0. The van der Waals surface area contributed by atoms with Gasteiger partial charge in [-0.1, -0.05) is 109 Å². The van der Waals surface area contributed by atoms with Crippen LogP contribution in [0.15, 0.2) is 132 Å². The SMILES string of the molecule is c1cnc2c(c1)ccc1cccc(-c3cccc4c3oc3c(-c5cccc6c5sc5ccccc56)cccc34)c12. The summed E-state index contributed by atoms with van der Waals surface area (Å²) in [5.41, 5.74) is 7.42. The molecule has 9 rings (SSSR count). The molecule has 0 fully saturated rings. The van der Waals surface area contributed by atoms with Gasteiger partial charge in [-0.15, -0.1) is 11.3 Å². The molecule has 0 atom stereocenters. The normalized spacial score (nSPS) is 12.0. The second kappa shape index (κ2) is 8.25. The van der Waals surface area contributed by atoms with E-state index < -0.39 is 0 Å². The van der Waals surface area contributed by atoms with E-state index in [1.54, 1.807) is 0 Å². The summed E-state index contributed by atoms with van der Waals surface area (Å²) in [5.74, 6) is 0. The van der Waals surface area contributed by atoms with Crippen LogP contribution in [0.4, 0.5) is 0 Å². The molecule has 3 heteroatoms. The summed E-state index contributed by atoms with van der Waals surface area (Å²) in [4.78, 5) is 4.79. The van der Waals surface area contributed by atoms with Gasteiger partial charge in [0, 0.05) is 64.6 Å². The second-order valence-corrected chi connectivity index (χ2v) is 11.3. The highest BCUT2D eigenvalue weighted by Gasteiger charge is 2.19. The van der Waals surface area contributed by atoms with Crippen molar-refractivity contribution in [2.75, 3.05) is 0 Å². The van der Waals surface area contributed by atoms with Crippen molar-refractivity contribution in [3.63, 3.8) is 0 Å². The molecule has 0 aliphatic heterocycles. The van der Waals surface area contributed by atoms with Crippen molar-refractivity contribution in [2.24, 2.45) is 0 Å². The first-order valence-electron chi connectivity index (χ1n) is 13.5. The smallest absolute Gasteiger partial charge is 0.143 e. The maximum atomic E-state index is 6.89. The van der Waals surface area contributed by atoms with E-state index in [-0.39, 0.29) is 0 Å². The molecule has 0 radical (unpaired) electrons. The van der Waals surface area contributed by atoms with E-state index in [0.29, 0.717) is 0 Å². The van der Waals surface area contributed by atoms with E-state index in [1.165, 1.54) is 31.1 Å². The lowest BCUT2D eigenvalue weighted by atomic mass is 9.94. The number of para-hydroxylation sites is 2. The van der Waals surface area contributed by atoms with Crippen molar-refractivity contribution in [1.82, 2.24) is 4.98 Å². The quantitative estimate of drug-likeness (QED) is 0.209. The van der Waals surface area contributed by atoms with Gasteiger partial charge in [-0.25, -0.2) is 0 Å². The third-order valence-electron chi connectivity index (χ3n) is 8.12. The van der Waals surface area contributed by atoms with Crippen molar-refractivity contribution < 1.29 is 4.42 Å². The first-order valence-corrected chi connectivity index (χ1v) is 14.3. The van der Waals surface area contributed by atoms with Gasteiger partial charge in [0.25, 0.3) is 0 Å². The first-order chi connectivity index (χ1) is 19.8. The van der Waals surface area contributed by atoms with Crippen LogP contribution in [0.2, 0.25) is 0 Å². The molecule has 0 amide bonds. The van der Waals surface area contributed by atoms with Crippen LogP contribution in [0.25, 0.3) is 86.0 Å². The van der Waals surface area contributed by atoms with Crippen LogP contribution in [-0.4, -0.2) is 4.98 Å². The number of furan rings is 1. The highest BCUT2D eigenvalue weighted by molar-refractivity contribution is 7.26. The lowest BCUT2D eigenvalue weighted by Crippen LogP contribution is -1.86. The lowest BCUT2D eigenvalue weighted by molar-refractivity contribution is 0.671. The Morgan fingerprint density at radius 2 is 1.10 bits per heavy atom. The van der Waals surface area contributed by atoms with Crippen molar-refractivity contribution in [3.05, 3.63) is 128 Å². The van der Waals surface area contributed by atoms with Crippen LogP contribution in [0.3, 0.4) is 0 Å². The molecular formula is C37H21NOS. The average molecular weight is 528 g/mol. The molecule has 40 heavy (non-hydrogen) atoms. The molecule has 0 saturated carbocycles. The van der Waals surface area contributed by atoms with Gasteiger partial charge in [-0.3, -0.25) is 4.98 Å². The Morgan fingerprint density at radius 1 is 0.475 bits per heavy atom. The predicted octanol–water partition coefficient (Wildman–Crippen LogP) is 11.0. The summed E-state index contributed by atoms with van der Waals surface area (Å²) in [5, 5.41) is 8.33. The molecule has 9 aromatic rings. The maximum Gasteiger partial charge on any atom is 0.143 e. The topological polar surface area (TPSA) is 26.0 Å². The number of benzene rings is 6. The summed E-state index contributed by atoms with van der Waals surface area (Å²) in [6.07, 6.45) is 1.88. The second-order valence-electron chi connectivity index (χ2n) is 10.3. The van der Waals surface area contributed by atoms with Gasteiger partial charge in [0.15, 0.2) is 0 Å². The number of aromatic nitrogens is 1. The minimum atomic E-state index is 0.911. The van der Waals surface area contributed by atoms with E-state index in [2.05, 4.69) is 115 Å². The molecule has 3 heterocycles. The van der Waals surface area contributed by atoms with E-state index >= 15 is 0 Å². The molecule has 0 saturated heterocycles. The van der Waals surface area contributed by atoms with Crippen molar-refractivity contribution in [1.29, 1.82) is 0 Å². The van der Waals surface area contributed by atoms with E-state index in [4.69, 9.17) is 9.40 Å². The summed E-state index contributed by atoms with van der Waals surface area (Å²) < 4.78 is 9.49. The minimum absolute atomic E-state index is 0.911. The third-order valence-corrected chi connectivity index (χ3v) is 9.34. The molecule has 0 aliphatic rings. The van der Waals surface area contributed by atoms with Crippen LogP contribution in [0.1, 0.15) is 0 Å². The Hall–Kier alpha value is -4.99. The van der Waals surface area contributed by atoms with Crippen LogP contribution in [-0.2, 0) is 0 Å². The molecule has 0 N–H and O–H groups in total. The van der Waals surface area contributed by atoms with Gasteiger partial charge >= 0.3 is 0 Å². The number of hydrogen-bond acceptors (Lipinski definition) is 3. The fourth-order valence-corrected chi connectivity index (χ4v) is 7.57. The van der Waals surface area contributed by atoms with Gasteiger partial charge in [0.1, 0.15) is 11.2 Å². The molecule has 0 aliphatic carbocycles. The van der Waals surface area contributed by atoms with Gasteiger partial charge in [-0.2, -0.15) is 0 Å². The Morgan fingerprint density at radius 3 is 1.95 bits per heavy atom. The number of nitrogens with zero attached hydrogens (tertiary/aromatic N) is 1. The first kappa shape index (κ1) is 21.9. The molecular weight excluding hydrogens is 506 g/mol. The van der Waals surface area contributed by atoms with E-state index in [0.717, 1.165) is 54.9 Å². The zero-order valence-corrected chi connectivity index (χ0v) is 22.2. The monoisotopic (exact) mass is 527 g/mol. The molecule has 2 nitrogen and oxygen atoms in total. The number of fused-ring (bicyclic) bond motifs is 9. The van der Waals surface area contributed by atoms with Crippen LogP contribution in [0, 0.1) is 0 Å². The molecule has 0 spiro atoms. The third kappa shape index (κ3) is 3.01. The lowest BCUT2D eigenvalue weighted by Gasteiger charge is -2.10. The van der Waals surface area contributed by atoms with E-state index in [9.17, 15) is 0 Å². The highest BCUT2D eigenvalue weighted by Crippen LogP contribution is 2.45. The predicted molar refractivity (Wildman–Crippen MR) is 170 cm³/mol. The van der Waals surface area contributed by atoms with Crippen LogP contribution in [0.5, 0.6) is 0 Å². The van der Waals surface area contributed by atoms with Crippen molar-refractivity contribution >= 4 is 75.1 Å². The van der Waals surface area contributed by atoms with Crippen LogP contribution >= 0.6 is 11.3 Å². The van der Waals surface area contributed by atoms with Crippen molar-refractivity contribution in [3.8, 4) is 22.3 Å². The Kier molecular flexibility index (Phi) is 4.52. The molecule has 186 valence electrons. The fraction of sp³-hybridized carbons (Fsp3) is 0. The van der Waals surface area contributed by atoms with Gasteiger partial charge in [0.2, 0.25) is 0 Å². The number of pyridine rings is 1. The molecule has 0 bridgehead atoms. The van der Waals surface area contributed by atoms with Crippen LogP contribution < -0.4 is 0 Å². The standard InChI is InChI=1S/C37H21NOS/c1-2-18-32-24(10-1)30-16-6-17-31(37(30)40-32)29-15-5-14-28-27-13-4-12-26(35(27)39-36(28)29)25-11-3-8-22-19-20-23-9-7-21-38-34(23)33(22)25/h1-21H. The Bertz CT molecular complexity index is 2450. The highest BCUT2D eigenvalue weighted by atomic mass is 32.1. The van der Waals surface area contributed by atoms with Gasteiger partial charge in [-0.05, 0) is 23.1 Å². The molecule has 3 aromatic heterocycles. The maximum absolute atomic E-state index is 6.89. The zero-order valence-electron chi connectivity index (χ0n) is 21.4. The fourth-order valence-electron chi connectivity index (χ4n) is 6.34. The number of hydrogen-bond donors (Lipinski definition) is 0. The molecule has 0 unspecified atom stereocenters. The summed E-state index contributed by atoms with van der Waals surface area (Å²) >= 11 is 1.85. The van der Waals surface area contributed by atoms with Gasteiger partial charge in [0.05, 0.1) is 5.52 Å². The van der Waals surface area contributed by atoms with Crippen molar-refractivity contribution in [2.45, 2.75) is 0 Å². The minimum Gasteiger partial charge on any atom is -0.455 e. The summed E-state index contributed by atoms with van der Waals surface area (Å²) in [6, 6.07) is 43.2. The number of thiophene rings is 1. The largest absolute Gasteiger partial charge is 0.455 e. The summed E-state index contributed by atoms with van der Waals surface area (Å²) in [7, 11) is 0. The molecule has 6 aromatic carbocycles. The zero-order chi connectivity index (χ0) is 26.2.